The van der Waals surface area contributed by atoms with Gasteiger partial charge in [-0.25, -0.2) is 8.42 Å². The van der Waals surface area contributed by atoms with Crippen molar-refractivity contribution in [3.05, 3.63) is 0 Å². The van der Waals surface area contributed by atoms with Crippen LogP contribution < -0.4 is 5.32 Å². The fourth-order valence-electron chi connectivity index (χ4n) is 1.69. The van der Waals surface area contributed by atoms with Crippen molar-refractivity contribution in [1.82, 2.24) is 5.32 Å². The predicted octanol–water partition coefficient (Wildman–Crippen LogP) is 0.468. The summed E-state index contributed by atoms with van der Waals surface area (Å²) in [6.45, 7) is 0. The molecule has 0 radical (unpaired) electrons. The van der Waals surface area contributed by atoms with Gasteiger partial charge >= 0.3 is 0 Å². The summed E-state index contributed by atoms with van der Waals surface area (Å²) >= 11 is 16.8. The van der Waals surface area contributed by atoms with Crippen molar-refractivity contribution in [3.8, 4) is 0 Å². The zero-order valence-corrected chi connectivity index (χ0v) is 10.00. The quantitative estimate of drug-likeness (QED) is 0.655. The third-order valence-corrected chi connectivity index (χ3v) is 4.57. The Morgan fingerprint density at radius 2 is 1.93 bits per heavy atom. The Labute approximate surface area is 96.8 Å². The molecule has 2 aliphatic heterocycles. The zero-order chi connectivity index (χ0) is 10.6. The van der Waals surface area contributed by atoms with Gasteiger partial charge in [0.25, 0.3) is 0 Å². The average Bonchev–Trinajstić information content (AvgIpc) is 2.37. The topological polar surface area (TPSA) is 55.4 Å². The van der Waals surface area contributed by atoms with Crippen LogP contribution in [0.4, 0.5) is 0 Å². The molecular weight excluding hydrogens is 272 g/mol. The molecule has 0 unspecified atom stereocenters. The molecule has 0 aromatic carbocycles. The molecule has 0 aromatic heterocycles. The van der Waals surface area contributed by atoms with Crippen molar-refractivity contribution in [2.75, 3.05) is 11.5 Å². The van der Waals surface area contributed by atoms with E-state index in [-0.39, 0.29) is 23.7 Å². The Morgan fingerprint density at radius 1 is 1.29 bits per heavy atom. The minimum atomic E-state index is -2.99. The van der Waals surface area contributed by atoms with E-state index in [1.807, 2.05) is 0 Å². The molecule has 2 heterocycles. The minimum absolute atomic E-state index is 0.00190. The van der Waals surface area contributed by atoms with E-state index in [0.29, 0.717) is 0 Å². The van der Waals surface area contributed by atoms with Gasteiger partial charge in [0.15, 0.2) is 16.1 Å². The minimum Gasteiger partial charge on any atom is -0.353 e. The van der Waals surface area contributed by atoms with Crippen LogP contribution in [0.1, 0.15) is 0 Å². The van der Waals surface area contributed by atoms with Gasteiger partial charge in [-0.3, -0.25) is 5.32 Å². The largest absolute Gasteiger partial charge is 0.353 e. The van der Waals surface area contributed by atoms with E-state index in [4.69, 9.17) is 39.5 Å². The van der Waals surface area contributed by atoms with Crippen LogP contribution >= 0.6 is 34.8 Å². The molecular formula is C6H8Cl3NO3S. The highest BCUT2D eigenvalue weighted by Gasteiger charge is 2.50. The zero-order valence-electron chi connectivity index (χ0n) is 6.91. The number of rotatable bonds is 0. The van der Waals surface area contributed by atoms with Crippen molar-refractivity contribution >= 4 is 44.6 Å². The number of fused-ring (bicyclic) bond motifs is 1. The number of ether oxygens (including phenoxy) is 1. The fraction of sp³-hybridized carbons (Fsp3) is 1.00. The van der Waals surface area contributed by atoms with Gasteiger partial charge in [-0.15, -0.1) is 0 Å². The summed E-state index contributed by atoms with van der Waals surface area (Å²) in [7, 11) is -2.99. The van der Waals surface area contributed by atoms with E-state index < -0.39 is 19.9 Å². The molecule has 2 fully saturated rings. The highest BCUT2D eigenvalue weighted by Crippen LogP contribution is 2.36. The number of hydrogen-bond acceptors (Lipinski definition) is 4. The van der Waals surface area contributed by atoms with E-state index in [9.17, 15) is 8.42 Å². The Morgan fingerprint density at radius 3 is 2.43 bits per heavy atom. The number of halogens is 3. The first-order valence-electron chi connectivity index (χ1n) is 3.96. The molecule has 0 bridgehead atoms. The van der Waals surface area contributed by atoms with Crippen molar-refractivity contribution in [2.24, 2.45) is 0 Å². The van der Waals surface area contributed by atoms with Gasteiger partial charge in [-0.05, 0) is 0 Å². The van der Waals surface area contributed by atoms with Crippen LogP contribution in [-0.2, 0) is 14.6 Å². The van der Waals surface area contributed by atoms with Crippen LogP contribution in [0.15, 0.2) is 0 Å². The van der Waals surface area contributed by atoms with E-state index in [1.54, 1.807) is 0 Å². The highest BCUT2D eigenvalue weighted by atomic mass is 35.6. The first kappa shape index (κ1) is 11.2. The number of sulfone groups is 1. The number of nitrogens with one attached hydrogen (secondary N) is 1. The predicted molar refractivity (Wildman–Crippen MR) is 54.5 cm³/mol. The molecule has 0 aliphatic carbocycles. The molecule has 3 atom stereocenters. The molecule has 2 aliphatic rings. The number of hydrogen-bond donors (Lipinski definition) is 1. The first-order valence-corrected chi connectivity index (χ1v) is 6.92. The molecule has 8 heteroatoms. The molecule has 0 amide bonds. The summed E-state index contributed by atoms with van der Waals surface area (Å²) in [6.07, 6.45) is -1.11. The fourth-order valence-corrected chi connectivity index (χ4v) is 3.83. The lowest BCUT2D eigenvalue weighted by Gasteiger charge is -2.20. The van der Waals surface area contributed by atoms with E-state index >= 15 is 0 Å². The molecule has 0 spiro atoms. The summed E-state index contributed by atoms with van der Waals surface area (Å²) in [5.41, 5.74) is 0. The maximum atomic E-state index is 11.2. The second-order valence-electron chi connectivity index (χ2n) is 3.45. The molecule has 2 rings (SSSR count). The maximum Gasteiger partial charge on any atom is 0.229 e. The smallest absolute Gasteiger partial charge is 0.229 e. The van der Waals surface area contributed by atoms with Crippen molar-refractivity contribution in [3.63, 3.8) is 0 Å². The Balaban J connectivity index is 2.07. The van der Waals surface area contributed by atoms with Crippen LogP contribution in [0.3, 0.4) is 0 Å². The third-order valence-electron chi connectivity index (χ3n) is 2.27. The highest BCUT2D eigenvalue weighted by molar-refractivity contribution is 7.91. The monoisotopic (exact) mass is 279 g/mol. The van der Waals surface area contributed by atoms with Crippen LogP contribution in [-0.4, -0.2) is 42.1 Å². The Hall–Kier alpha value is 0.740. The van der Waals surface area contributed by atoms with Crippen molar-refractivity contribution in [1.29, 1.82) is 0 Å². The third kappa shape index (κ3) is 2.13. The van der Waals surface area contributed by atoms with Gasteiger partial charge in [-0.1, -0.05) is 34.8 Å². The normalized spacial score (nSPS) is 41.2. The van der Waals surface area contributed by atoms with Crippen LogP contribution in [0, 0.1) is 0 Å². The van der Waals surface area contributed by atoms with E-state index in [2.05, 4.69) is 5.32 Å². The van der Waals surface area contributed by atoms with Crippen LogP contribution in [0.5, 0.6) is 0 Å². The summed E-state index contributed by atoms with van der Waals surface area (Å²) in [5.74, 6) is 0.0524. The SMILES string of the molecule is O=S1(=O)C[C@@H]2N[C@@H](C(Cl)(Cl)Cl)O[C@H]2C1. The standard InChI is InChI=1S/C6H8Cl3NO3S/c7-6(8,9)5-10-3-1-14(11,12)2-4(3)13-5/h3-5,10H,1-2H2/t3-,4-,5+/m0/s1. The molecule has 1 N–H and O–H groups in total. The molecule has 0 saturated carbocycles. The lowest BCUT2D eigenvalue weighted by Crippen LogP contribution is -2.41. The second-order valence-corrected chi connectivity index (χ2v) is 7.97. The molecule has 82 valence electrons. The van der Waals surface area contributed by atoms with Gasteiger partial charge in [0.1, 0.15) is 0 Å². The lowest BCUT2D eigenvalue weighted by molar-refractivity contribution is 0.0544. The van der Waals surface area contributed by atoms with Crippen molar-refractivity contribution < 1.29 is 13.2 Å². The molecule has 4 nitrogen and oxygen atoms in total. The van der Waals surface area contributed by atoms with Crippen molar-refractivity contribution in [2.45, 2.75) is 22.2 Å². The van der Waals surface area contributed by atoms with Gasteiger partial charge in [-0.2, -0.15) is 0 Å². The Bertz CT molecular complexity index is 319. The lowest BCUT2D eigenvalue weighted by atomic mass is 10.2. The first-order chi connectivity index (χ1) is 6.28. The van der Waals surface area contributed by atoms with Gasteiger partial charge in [0.2, 0.25) is 3.79 Å². The second kappa shape index (κ2) is 3.37. The summed E-state index contributed by atoms with van der Waals surface area (Å²) in [5, 5.41) is 2.85. The van der Waals surface area contributed by atoms with E-state index in [0.717, 1.165) is 0 Å². The maximum absolute atomic E-state index is 11.2. The molecule has 0 aromatic rings. The average molecular weight is 281 g/mol. The van der Waals surface area contributed by atoms with Crippen LogP contribution in [0.25, 0.3) is 0 Å². The Kier molecular flexibility index (Phi) is 2.70. The number of alkyl halides is 3. The van der Waals surface area contributed by atoms with Gasteiger partial charge < -0.3 is 4.74 Å². The summed E-state index contributed by atoms with van der Waals surface area (Å²) < 4.78 is 26.1. The van der Waals surface area contributed by atoms with Gasteiger partial charge in [0, 0.05) is 0 Å². The molecule has 2 saturated heterocycles. The van der Waals surface area contributed by atoms with E-state index in [1.165, 1.54) is 0 Å². The van der Waals surface area contributed by atoms with Crippen LogP contribution in [0.2, 0.25) is 0 Å². The summed E-state index contributed by atoms with van der Waals surface area (Å²) in [6, 6.07) is -0.249. The summed E-state index contributed by atoms with van der Waals surface area (Å²) in [4.78, 5) is 0. The molecule has 14 heavy (non-hydrogen) atoms. The van der Waals surface area contributed by atoms with Gasteiger partial charge in [0.05, 0.1) is 23.7 Å².